The summed E-state index contributed by atoms with van der Waals surface area (Å²) in [5.74, 6) is -1.16. The molecule has 0 aliphatic rings. The molecule has 0 saturated carbocycles. The standard InChI is InChI=1S/C17H24FNO3/c1-13(9-10-14-6-5-7-15(18)12-14)17(22)19-11-4-2-3-8-16(20)21/h5-7,12-13H,2-4,8-11H2,1H3,(H,19,22)(H,20,21). The first kappa shape index (κ1) is 18.1. The lowest BCUT2D eigenvalue weighted by Gasteiger charge is -2.12. The van der Waals surface area contributed by atoms with Crippen molar-refractivity contribution in [2.75, 3.05) is 6.54 Å². The highest BCUT2D eigenvalue weighted by molar-refractivity contribution is 5.78. The molecule has 122 valence electrons. The van der Waals surface area contributed by atoms with Gasteiger partial charge in [0.25, 0.3) is 0 Å². The number of carboxylic acids is 1. The fourth-order valence-electron chi connectivity index (χ4n) is 2.17. The van der Waals surface area contributed by atoms with Gasteiger partial charge in [0.15, 0.2) is 0 Å². The fraction of sp³-hybridized carbons (Fsp3) is 0.529. The van der Waals surface area contributed by atoms with Crippen LogP contribution in [-0.2, 0) is 16.0 Å². The highest BCUT2D eigenvalue weighted by Gasteiger charge is 2.12. The van der Waals surface area contributed by atoms with Gasteiger partial charge in [0.05, 0.1) is 0 Å². The summed E-state index contributed by atoms with van der Waals surface area (Å²) in [5, 5.41) is 11.4. The third-order valence-electron chi connectivity index (χ3n) is 3.57. The Hall–Kier alpha value is -1.91. The van der Waals surface area contributed by atoms with Crippen molar-refractivity contribution in [1.82, 2.24) is 5.32 Å². The van der Waals surface area contributed by atoms with Gasteiger partial charge in [-0.25, -0.2) is 4.39 Å². The van der Waals surface area contributed by atoms with Crippen LogP contribution in [0.4, 0.5) is 4.39 Å². The number of hydrogen-bond acceptors (Lipinski definition) is 2. The van der Waals surface area contributed by atoms with Gasteiger partial charge in [-0.15, -0.1) is 0 Å². The third kappa shape index (κ3) is 7.76. The number of halogens is 1. The van der Waals surface area contributed by atoms with Crippen molar-refractivity contribution in [1.29, 1.82) is 0 Å². The number of aliphatic carboxylic acids is 1. The monoisotopic (exact) mass is 309 g/mol. The molecule has 1 unspecified atom stereocenters. The Labute approximate surface area is 130 Å². The number of amides is 1. The number of unbranched alkanes of at least 4 members (excludes halogenated alkanes) is 2. The SMILES string of the molecule is CC(CCc1cccc(F)c1)C(=O)NCCCCCC(=O)O. The second-order valence-corrected chi connectivity index (χ2v) is 5.57. The summed E-state index contributed by atoms with van der Waals surface area (Å²) in [4.78, 5) is 22.2. The predicted molar refractivity (Wildman–Crippen MR) is 83.0 cm³/mol. The molecule has 4 nitrogen and oxygen atoms in total. The molecule has 1 amide bonds. The summed E-state index contributed by atoms with van der Waals surface area (Å²) in [5.41, 5.74) is 0.897. The summed E-state index contributed by atoms with van der Waals surface area (Å²) in [6.45, 7) is 2.43. The van der Waals surface area contributed by atoms with Crippen LogP contribution in [0.25, 0.3) is 0 Å². The number of carbonyl (C=O) groups excluding carboxylic acids is 1. The Morgan fingerprint density at radius 3 is 2.73 bits per heavy atom. The molecule has 1 aromatic carbocycles. The minimum Gasteiger partial charge on any atom is -0.481 e. The van der Waals surface area contributed by atoms with Crippen molar-refractivity contribution in [3.8, 4) is 0 Å². The highest BCUT2D eigenvalue weighted by Crippen LogP contribution is 2.11. The van der Waals surface area contributed by atoms with E-state index in [0.29, 0.717) is 25.8 Å². The Morgan fingerprint density at radius 2 is 2.05 bits per heavy atom. The molecule has 2 N–H and O–H groups in total. The largest absolute Gasteiger partial charge is 0.481 e. The van der Waals surface area contributed by atoms with E-state index in [0.717, 1.165) is 18.4 Å². The number of rotatable bonds is 10. The zero-order chi connectivity index (χ0) is 16.4. The van der Waals surface area contributed by atoms with Crippen molar-refractivity contribution in [3.05, 3.63) is 35.6 Å². The summed E-state index contributed by atoms with van der Waals surface area (Å²) in [7, 11) is 0. The second-order valence-electron chi connectivity index (χ2n) is 5.57. The van der Waals surface area contributed by atoms with Crippen LogP contribution in [0.5, 0.6) is 0 Å². The lowest BCUT2D eigenvalue weighted by Crippen LogP contribution is -2.30. The van der Waals surface area contributed by atoms with Crippen molar-refractivity contribution in [2.24, 2.45) is 5.92 Å². The number of carboxylic acid groups (broad SMARTS) is 1. The molecule has 5 heteroatoms. The molecule has 0 radical (unpaired) electrons. The van der Waals surface area contributed by atoms with Crippen LogP contribution < -0.4 is 5.32 Å². The molecule has 1 aromatic rings. The maximum Gasteiger partial charge on any atom is 0.303 e. The predicted octanol–water partition coefficient (Wildman–Crippen LogP) is 3.16. The summed E-state index contributed by atoms with van der Waals surface area (Å²) in [6.07, 6.45) is 3.75. The van der Waals surface area contributed by atoms with Gasteiger partial charge in [-0.1, -0.05) is 25.5 Å². The smallest absolute Gasteiger partial charge is 0.303 e. The summed E-state index contributed by atoms with van der Waals surface area (Å²) in [6, 6.07) is 6.43. The maximum absolute atomic E-state index is 13.1. The number of nitrogens with one attached hydrogen (secondary N) is 1. The van der Waals surface area contributed by atoms with Crippen molar-refractivity contribution in [3.63, 3.8) is 0 Å². The van der Waals surface area contributed by atoms with Crippen molar-refractivity contribution < 1.29 is 19.1 Å². The molecule has 0 aliphatic carbocycles. The van der Waals surface area contributed by atoms with Gasteiger partial charge >= 0.3 is 5.97 Å². The fourth-order valence-corrected chi connectivity index (χ4v) is 2.17. The topological polar surface area (TPSA) is 66.4 Å². The molecule has 0 heterocycles. The molecular formula is C17H24FNO3. The zero-order valence-corrected chi connectivity index (χ0v) is 13.0. The quantitative estimate of drug-likeness (QED) is 0.652. The first-order chi connectivity index (χ1) is 10.5. The average molecular weight is 309 g/mol. The van der Waals surface area contributed by atoms with Gasteiger partial charge in [0.2, 0.25) is 5.91 Å². The second kappa shape index (κ2) is 9.92. The molecule has 22 heavy (non-hydrogen) atoms. The van der Waals surface area contributed by atoms with Crippen LogP contribution in [0.2, 0.25) is 0 Å². The Morgan fingerprint density at radius 1 is 1.27 bits per heavy atom. The van der Waals surface area contributed by atoms with Crippen molar-refractivity contribution >= 4 is 11.9 Å². The molecule has 0 saturated heterocycles. The molecule has 0 bridgehead atoms. The summed E-state index contributed by atoms with van der Waals surface area (Å²) >= 11 is 0. The summed E-state index contributed by atoms with van der Waals surface area (Å²) < 4.78 is 13.1. The van der Waals surface area contributed by atoms with Crippen LogP contribution in [0, 0.1) is 11.7 Å². The lowest BCUT2D eigenvalue weighted by molar-refractivity contribution is -0.137. The molecule has 0 aliphatic heterocycles. The van der Waals surface area contributed by atoms with Gasteiger partial charge in [-0.05, 0) is 43.4 Å². The highest BCUT2D eigenvalue weighted by atomic mass is 19.1. The van der Waals surface area contributed by atoms with E-state index < -0.39 is 5.97 Å². The average Bonchev–Trinajstić information content (AvgIpc) is 2.47. The van der Waals surface area contributed by atoms with Crippen LogP contribution in [0.1, 0.15) is 44.6 Å². The van der Waals surface area contributed by atoms with E-state index in [1.54, 1.807) is 6.07 Å². The van der Waals surface area contributed by atoms with Gasteiger partial charge < -0.3 is 10.4 Å². The molecule has 1 atom stereocenters. The van der Waals surface area contributed by atoms with Crippen LogP contribution in [0.15, 0.2) is 24.3 Å². The minimum absolute atomic E-state index is 0.00497. The number of carbonyl (C=O) groups is 2. The minimum atomic E-state index is -0.782. The normalized spacial score (nSPS) is 11.9. The van der Waals surface area contributed by atoms with Gasteiger partial charge in [-0.2, -0.15) is 0 Å². The van der Waals surface area contributed by atoms with E-state index >= 15 is 0 Å². The van der Waals surface area contributed by atoms with E-state index in [1.807, 2.05) is 13.0 Å². The first-order valence-corrected chi connectivity index (χ1v) is 7.73. The Bertz CT molecular complexity index is 491. The molecule has 1 rings (SSSR count). The zero-order valence-electron chi connectivity index (χ0n) is 13.0. The van der Waals surface area contributed by atoms with E-state index in [2.05, 4.69) is 5.32 Å². The molecule has 0 aromatic heterocycles. The van der Waals surface area contributed by atoms with E-state index in [1.165, 1.54) is 12.1 Å². The van der Waals surface area contributed by atoms with Gasteiger partial charge in [0.1, 0.15) is 5.82 Å². The number of benzene rings is 1. The van der Waals surface area contributed by atoms with E-state index in [-0.39, 0.29) is 24.1 Å². The van der Waals surface area contributed by atoms with E-state index in [4.69, 9.17) is 5.11 Å². The first-order valence-electron chi connectivity index (χ1n) is 7.73. The Kier molecular flexibility index (Phi) is 8.18. The molecular weight excluding hydrogens is 285 g/mol. The van der Waals surface area contributed by atoms with Crippen LogP contribution in [0.3, 0.4) is 0 Å². The van der Waals surface area contributed by atoms with Gasteiger partial charge in [-0.3, -0.25) is 9.59 Å². The number of aryl methyl sites for hydroxylation is 1. The van der Waals surface area contributed by atoms with Crippen LogP contribution in [-0.4, -0.2) is 23.5 Å². The van der Waals surface area contributed by atoms with Crippen molar-refractivity contribution in [2.45, 2.75) is 45.4 Å². The molecule has 0 fully saturated rings. The number of hydrogen-bond donors (Lipinski definition) is 2. The molecule has 0 spiro atoms. The van der Waals surface area contributed by atoms with Gasteiger partial charge in [0, 0.05) is 18.9 Å². The van der Waals surface area contributed by atoms with Crippen LogP contribution >= 0.6 is 0 Å². The Balaban J connectivity index is 2.15. The maximum atomic E-state index is 13.1. The third-order valence-corrected chi connectivity index (χ3v) is 3.57. The van der Waals surface area contributed by atoms with E-state index in [9.17, 15) is 14.0 Å². The lowest BCUT2D eigenvalue weighted by atomic mass is 10.0.